The van der Waals surface area contributed by atoms with E-state index in [-0.39, 0.29) is 6.04 Å². The van der Waals surface area contributed by atoms with Crippen LogP contribution in [0.5, 0.6) is 0 Å². The third-order valence-electron chi connectivity index (χ3n) is 5.18. The predicted octanol–water partition coefficient (Wildman–Crippen LogP) is 7.42. The highest BCUT2D eigenvalue weighted by molar-refractivity contribution is 5.27. The summed E-state index contributed by atoms with van der Waals surface area (Å²) in [5.41, 5.74) is 3.07. The van der Waals surface area contributed by atoms with Crippen molar-refractivity contribution in [3.63, 3.8) is 0 Å². The molecule has 1 rings (SSSR count). The fourth-order valence-corrected chi connectivity index (χ4v) is 2.39. The molecule has 176 valence electrons. The van der Waals surface area contributed by atoms with E-state index in [2.05, 4.69) is 75.2 Å². The second kappa shape index (κ2) is 22.0. The minimum atomic E-state index is 0.250. The van der Waals surface area contributed by atoms with Gasteiger partial charge in [0.2, 0.25) is 0 Å². The zero-order chi connectivity index (χ0) is 24.1. The standard InChI is InChI=1S/C15H24.C6H13NO.C4H8O.C2H6/c1-5-12(3)13(4)11-15-10-8-7-9-14(15)6-2;1-5(7-3)6(2)8-4;1-4(2)5-3;1-2/h7-10,12-13H,5-6,11H2,1-4H3;5,7H,2H2,1,3-4H3;1H2,2-3H3;1-2H3/t12?,13-;;;/m1.../s1. The number of nitrogens with one attached hydrogen (secondary N) is 1. The molecule has 0 amide bonds. The quantitative estimate of drug-likeness (QED) is 0.421. The first-order valence-electron chi connectivity index (χ1n) is 11.3. The van der Waals surface area contributed by atoms with Gasteiger partial charge < -0.3 is 14.8 Å². The van der Waals surface area contributed by atoms with Crippen LogP contribution >= 0.6 is 0 Å². The Hall–Kier alpha value is -1.74. The van der Waals surface area contributed by atoms with Gasteiger partial charge in [0.15, 0.2) is 0 Å². The summed E-state index contributed by atoms with van der Waals surface area (Å²) in [7, 11) is 5.09. The molecular weight excluding hydrogens is 370 g/mol. The van der Waals surface area contributed by atoms with Gasteiger partial charge in [0.05, 0.1) is 26.0 Å². The average molecular weight is 422 g/mol. The molecule has 0 bridgehead atoms. The number of rotatable bonds is 9. The fourth-order valence-electron chi connectivity index (χ4n) is 2.39. The molecule has 3 atom stereocenters. The van der Waals surface area contributed by atoms with Crippen LogP contribution in [0.4, 0.5) is 0 Å². The highest BCUT2D eigenvalue weighted by Gasteiger charge is 2.12. The van der Waals surface area contributed by atoms with E-state index in [1.165, 1.54) is 18.4 Å². The van der Waals surface area contributed by atoms with Crippen molar-refractivity contribution in [2.45, 2.75) is 80.7 Å². The summed E-state index contributed by atoms with van der Waals surface area (Å²) in [6.07, 6.45) is 3.68. The second-order valence-corrected chi connectivity index (χ2v) is 7.28. The smallest absolute Gasteiger partial charge is 0.105 e. The first-order valence-corrected chi connectivity index (χ1v) is 11.3. The number of hydrogen-bond donors (Lipinski definition) is 1. The number of aryl methyl sites for hydroxylation is 1. The van der Waals surface area contributed by atoms with Gasteiger partial charge in [-0.1, -0.05) is 85.4 Å². The molecule has 0 heterocycles. The Kier molecular flexibility index (Phi) is 24.1. The Morgan fingerprint density at radius 1 is 0.933 bits per heavy atom. The van der Waals surface area contributed by atoms with Gasteiger partial charge in [-0.05, 0) is 56.7 Å². The SMILES string of the molecule is C=C(C)OC.C=C(OC)C(C)NC.CC.CCc1ccccc1C[C@@H](C)C(C)CC. The van der Waals surface area contributed by atoms with Crippen LogP contribution in [0.15, 0.2) is 48.9 Å². The van der Waals surface area contributed by atoms with Crippen LogP contribution in [0, 0.1) is 11.8 Å². The van der Waals surface area contributed by atoms with Crippen LogP contribution in [0.25, 0.3) is 0 Å². The van der Waals surface area contributed by atoms with E-state index in [1.54, 1.807) is 26.7 Å². The molecule has 0 spiro atoms. The maximum Gasteiger partial charge on any atom is 0.105 e. The van der Waals surface area contributed by atoms with Crippen molar-refractivity contribution in [3.05, 3.63) is 60.1 Å². The molecule has 1 aromatic rings. The minimum Gasteiger partial charge on any atom is -0.502 e. The van der Waals surface area contributed by atoms with Crippen LogP contribution in [0.2, 0.25) is 0 Å². The first-order chi connectivity index (χ1) is 14.2. The van der Waals surface area contributed by atoms with Crippen molar-refractivity contribution in [2.24, 2.45) is 11.8 Å². The van der Waals surface area contributed by atoms with E-state index >= 15 is 0 Å². The number of ether oxygens (including phenoxy) is 2. The Bertz CT molecular complexity index is 539. The molecule has 1 N–H and O–H groups in total. The van der Waals surface area contributed by atoms with E-state index in [4.69, 9.17) is 4.74 Å². The van der Waals surface area contributed by atoms with Gasteiger partial charge in [-0.15, -0.1) is 0 Å². The van der Waals surface area contributed by atoms with Gasteiger partial charge in [0, 0.05) is 0 Å². The van der Waals surface area contributed by atoms with Crippen LogP contribution in [-0.4, -0.2) is 27.3 Å². The third kappa shape index (κ3) is 17.1. The van der Waals surface area contributed by atoms with Crippen molar-refractivity contribution in [1.82, 2.24) is 5.32 Å². The molecule has 0 saturated carbocycles. The van der Waals surface area contributed by atoms with E-state index in [0.717, 1.165) is 29.8 Å². The minimum absolute atomic E-state index is 0.250. The molecule has 3 nitrogen and oxygen atoms in total. The van der Waals surface area contributed by atoms with E-state index in [9.17, 15) is 0 Å². The fraction of sp³-hybridized carbons (Fsp3) is 0.630. The summed E-state index contributed by atoms with van der Waals surface area (Å²) >= 11 is 0. The van der Waals surface area contributed by atoms with Gasteiger partial charge in [-0.3, -0.25) is 0 Å². The lowest BCUT2D eigenvalue weighted by atomic mass is 9.86. The van der Waals surface area contributed by atoms with Gasteiger partial charge >= 0.3 is 0 Å². The monoisotopic (exact) mass is 421 g/mol. The second-order valence-electron chi connectivity index (χ2n) is 7.28. The van der Waals surface area contributed by atoms with E-state index in [1.807, 2.05) is 27.8 Å². The maximum atomic E-state index is 4.85. The molecule has 30 heavy (non-hydrogen) atoms. The summed E-state index contributed by atoms with van der Waals surface area (Å²) in [5, 5.41) is 2.99. The van der Waals surface area contributed by atoms with Gasteiger partial charge in [-0.2, -0.15) is 0 Å². The van der Waals surface area contributed by atoms with Crippen molar-refractivity contribution in [3.8, 4) is 0 Å². The topological polar surface area (TPSA) is 30.5 Å². The molecule has 0 fully saturated rings. The number of methoxy groups -OCH3 is 2. The number of benzene rings is 1. The highest BCUT2D eigenvalue weighted by Crippen LogP contribution is 2.21. The first kappa shape index (κ1) is 32.9. The van der Waals surface area contributed by atoms with Crippen LogP contribution in [0.3, 0.4) is 0 Å². The van der Waals surface area contributed by atoms with Crippen molar-refractivity contribution >= 4 is 0 Å². The third-order valence-corrected chi connectivity index (χ3v) is 5.18. The van der Waals surface area contributed by atoms with Crippen LogP contribution in [-0.2, 0) is 22.3 Å². The zero-order valence-electron chi connectivity index (χ0n) is 21.9. The lowest BCUT2D eigenvalue weighted by Crippen LogP contribution is -2.23. The van der Waals surface area contributed by atoms with Gasteiger partial charge in [-0.25, -0.2) is 0 Å². The Morgan fingerprint density at radius 3 is 1.70 bits per heavy atom. The van der Waals surface area contributed by atoms with E-state index < -0.39 is 0 Å². The van der Waals surface area contributed by atoms with Gasteiger partial charge in [0.25, 0.3) is 0 Å². The zero-order valence-corrected chi connectivity index (χ0v) is 21.9. The van der Waals surface area contributed by atoms with Crippen molar-refractivity contribution in [2.75, 3.05) is 21.3 Å². The summed E-state index contributed by atoms with van der Waals surface area (Å²) < 4.78 is 9.40. The molecular formula is C27H51NO2. The highest BCUT2D eigenvalue weighted by atomic mass is 16.5. The average Bonchev–Trinajstić information content (AvgIpc) is 2.79. The summed E-state index contributed by atoms with van der Waals surface area (Å²) in [4.78, 5) is 0. The lowest BCUT2D eigenvalue weighted by Gasteiger charge is -2.19. The summed E-state index contributed by atoms with van der Waals surface area (Å²) in [6, 6.07) is 9.12. The molecule has 0 radical (unpaired) electrons. The largest absolute Gasteiger partial charge is 0.502 e. The number of likely N-dealkylation sites (N-methyl/N-ethyl adjacent to an activating group) is 1. The Morgan fingerprint density at radius 2 is 1.40 bits per heavy atom. The maximum absolute atomic E-state index is 4.85. The number of allylic oxidation sites excluding steroid dienone is 1. The Balaban J connectivity index is -0.000000409. The van der Waals surface area contributed by atoms with Crippen LogP contribution < -0.4 is 5.32 Å². The molecule has 0 saturated heterocycles. The molecule has 0 aliphatic carbocycles. The molecule has 0 aliphatic rings. The lowest BCUT2D eigenvalue weighted by molar-refractivity contribution is 0.261. The normalized spacial score (nSPS) is 12.2. The molecule has 2 unspecified atom stereocenters. The van der Waals surface area contributed by atoms with Crippen molar-refractivity contribution in [1.29, 1.82) is 0 Å². The predicted molar refractivity (Wildman–Crippen MR) is 136 cm³/mol. The number of hydrogen-bond acceptors (Lipinski definition) is 3. The van der Waals surface area contributed by atoms with Crippen molar-refractivity contribution < 1.29 is 9.47 Å². The van der Waals surface area contributed by atoms with Crippen LogP contribution in [0.1, 0.15) is 72.9 Å². The summed E-state index contributed by atoms with van der Waals surface area (Å²) in [6.45, 7) is 24.2. The summed E-state index contributed by atoms with van der Waals surface area (Å²) in [5.74, 6) is 3.15. The molecule has 1 aromatic carbocycles. The molecule has 3 heteroatoms. The Labute approximate surface area is 189 Å². The van der Waals surface area contributed by atoms with E-state index in [0.29, 0.717) is 0 Å². The molecule has 0 aliphatic heterocycles. The molecule has 0 aromatic heterocycles. The van der Waals surface area contributed by atoms with Gasteiger partial charge in [0.1, 0.15) is 5.76 Å².